The third-order valence-corrected chi connectivity index (χ3v) is 4.79. The second kappa shape index (κ2) is 10.9. The third kappa shape index (κ3) is 7.20. The number of hydrogen-bond donors (Lipinski definition) is 2. The zero-order valence-corrected chi connectivity index (χ0v) is 16.8. The number of nitrogens with one attached hydrogen (secondary N) is 2. The summed E-state index contributed by atoms with van der Waals surface area (Å²) in [5.41, 5.74) is 1.85. The lowest BCUT2D eigenvalue weighted by molar-refractivity contribution is -0.143. The van der Waals surface area contributed by atoms with Crippen LogP contribution in [-0.2, 0) is 20.9 Å². The Morgan fingerprint density at radius 3 is 2.67 bits per heavy atom. The van der Waals surface area contributed by atoms with E-state index >= 15 is 0 Å². The van der Waals surface area contributed by atoms with Crippen molar-refractivity contribution < 1.29 is 19.1 Å². The molecule has 1 aromatic heterocycles. The molecule has 1 aliphatic carbocycles. The SMILES string of the molecule is O=C(COC(=O)/C=C/c1cnn(Cc2ccccc2)c1)NC(=O)NC1CCCCC1. The number of benzene rings is 1. The van der Waals surface area contributed by atoms with Crippen molar-refractivity contribution in [2.75, 3.05) is 6.61 Å². The van der Waals surface area contributed by atoms with Gasteiger partial charge in [0.1, 0.15) is 0 Å². The van der Waals surface area contributed by atoms with Crippen molar-refractivity contribution in [1.82, 2.24) is 20.4 Å². The lowest BCUT2D eigenvalue weighted by Crippen LogP contribution is -2.46. The number of rotatable bonds is 7. The van der Waals surface area contributed by atoms with E-state index in [-0.39, 0.29) is 6.04 Å². The minimum absolute atomic E-state index is 0.0971. The van der Waals surface area contributed by atoms with E-state index in [1.54, 1.807) is 23.2 Å². The molecule has 0 atom stereocenters. The van der Waals surface area contributed by atoms with E-state index < -0.39 is 24.5 Å². The van der Waals surface area contributed by atoms with E-state index in [2.05, 4.69) is 15.7 Å². The summed E-state index contributed by atoms with van der Waals surface area (Å²) in [6, 6.07) is 9.45. The van der Waals surface area contributed by atoms with Gasteiger partial charge in [-0.25, -0.2) is 9.59 Å². The van der Waals surface area contributed by atoms with Gasteiger partial charge in [-0.15, -0.1) is 0 Å². The fraction of sp³-hybridized carbons (Fsp3) is 0.364. The first-order chi connectivity index (χ1) is 14.6. The lowest BCUT2D eigenvalue weighted by Gasteiger charge is -2.22. The molecule has 0 saturated heterocycles. The van der Waals surface area contributed by atoms with Crippen molar-refractivity contribution in [2.45, 2.75) is 44.7 Å². The van der Waals surface area contributed by atoms with Crippen LogP contribution in [0.3, 0.4) is 0 Å². The normalized spacial score (nSPS) is 14.4. The molecule has 0 bridgehead atoms. The van der Waals surface area contributed by atoms with Gasteiger partial charge < -0.3 is 10.1 Å². The molecule has 1 fully saturated rings. The largest absolute Gasteiger partial charge is 0.452 e. The number of hydrogen-bond acceptors (Lipinski definition) is 5. The fourth-order valence-electron chi connectivity index (χ4n) is 3.30. The molecule has 8 heteroatoms. The van der Waals surface area contributed by atoms with E-state index in [0.717, 1.165) is 36.8 Å². The van der Waals surface area contributed by atoms with E-state index in [0.29, 0.717) is 6.54 Å². The Hall–Kier alpha value is -3.42. The number of imide groups is 1. The number of nitrogens with zero attached hydrogens (tertiary/aromatic N) is 2. The van der Waals surface area contributed by atoms with Crippen LogP contribution in [-0.4, -0.2) is 40.3 Å². The van der Waals surface area contributed by atoms with Gasteiger partial charge in [-0.3, -0.25) is 14.8 Å². The van der Waals surface area contributed by atoms with Gasteiger partial charge in [0.05, 0.1) is 12.7 Å². The second-order valence-corrected chi connectivity index (χ2v) is 7.25. The quantitative estimate of drug-likeness (QED) is 0.540. The summed E-state index contributed by atoms with van der Waals surface area (Å²) in [7, 11) is 0. The van der Waals surface area contributed by atoms with Gasteiger partial charge in [-0.1, -0.05) is 49.6 Å². The van der Waals surface area contributed by atoms with Crippen LogP contribution in [0.5, 0.6) is 0 Å². The maximum atomic E-state index is 11.8. The molecular weight excluding hydrogens is 384 g/mol. The predicted octanol–water partition coefficient (Wildman–Crippen LogP) is 2.65. The molecule has 3 rings (SSSR count). The Morgan fingerprint density at radius 1 is 1.13 bits per heavy atom. The number of aromatic nitrogens is 2. The van der Waals surface area contributed by atoms with Gasteiger partial charge in [0.25, 0.3) is 5.91 Å². The standard InChI is InChI=1S/C22H26N4O4/c27-20(25-22(29)24-19-9-5-2-6-10-19)16-30-21(28)12-11-18-13-23-26(15-18)14-17-7-3-1-4-8-17/h1,3-4,7-8,11-13,15,19H,2,5-6,9-10,14,16H2,(H2,24,25,27,29)/b12-11+. The minimum Gasteiger partial charge on any atom is -0.452 e. The Morgan fingerprint density at radius 2 is 1.90 bits per heavy atom. The maximum absolute atomic E-state index is 11.8. The number of amides is 3. The zero-order chi connectivity index (χ0) is 21.2. The highest BCUT2D eigenvalue weighted by atomic mass is 16.5. The summed E-state index contributed by atoms with van der Waals surface area (Å²) in [5.74, 6) is -1.34. The summed E-state index contributed by atoms with van der Waals surface area (Å²) in [5, 5.41) is 9.20. The van der Waals surface area contributed by atoms with Crippen LogP contribution in [0.4, 0.5) is 4.79 Å². The van der Waals surface area contributed by atoms with Crippen molar-refractivity contribution in [2.24, 2.45) is 0 Å². The molecule has 8 nitrogen and oxygen atoms in total. The number of urea groups is 1. The number of carbonyl (C=O) groups excluding carboxylic acids is 3. The van der Waals surface area contributed by atoms with Crippen molar-refractivity contribution in [3.63, 3.8) is 0 Å². The molecule has 30 heavy (non-hydrogen) atoms. The molecule has 1 saturated carbocycles. The predicted molar refractivity (Wildman–Crippen MR) is 111 cm³/mol. The molecule has 0 radical (unpaired) electrons. The van der Waals surface area contributed by atoms with Crippen LogP contribution in [0.2, 0.25) is 0 Å². The van der Waals surface area contributed by atoms with Gasteiger partial charge >= 0.3 is 12.0 Å². The van der Waals surface area contributed by atoms with Gasteiger partial charge in [0.15, 0.2) is 6.61 Å². The fourth-order valence-corrected chi connectivity index (χ4v) is 3.30. The van der Waals surface area contributed by atoms with Crippen molar-refractivity contribution in [3.8, 4) is 0 Å². The maximum Gasteiger partial charge on any atom is 0.331 e. The molecule has 1 heterocycles. The Kier molecular flexibility index (Phi) is 7.77. The van der Waals surface area contributed by atoms with Gasteiger partial charge in [0.2, 0.25) is 0 Å². The average Bonchev–Trinajstić information content (AvgIpc) is 3.19. The molecule has 0 unspecified atom stereocenters. The van der Waals surface area contributed by atoms with E-state index in [4.69, 9.17) is 4.74 Å². The molecule has 2 aromatic rings. The molecule has 1 aliphatic rings. The topological polar surface area (TPSA) is 102 Å². The molecule has 3 amide bonds. The summed E-state index contributed by atoms with van der Waals surface area (Å²) in [6.07, 6.45) is 11.4. The summed E-state index contributed by atoms with van der Waals surface area (Å²) >= 11 is 0. The second-order valence-electron chi connectivity index (χ2n) is 7.25. The van der Waals surface area contributed by atoms with E-state index in [9.17, 15) is 14.4 Å². The Balaban J connectivity index is 1.37. The summed E-state index contributed by atoms with van der Waals surface area (Å²) < 4.78 is 6.64. The lowest BCUT2D eigenvalue weighted by atomic mass is 9.96. The molecular formula is C22H26N4O4. The highest BCUT2D eigenvalue weighted by Gasteiger charge is 2.17. The van der Waals surface area contributed by atoms with Crippen molar-refractivity contribution >= 4 is 24.0 Å². The Labute approximate surface area is 175 Å². The molecule has 0 aliphatic heterocycles. The molecule has 1 aromatic carbocycles. The minimum atomic E-state index is -0.673. The van der Waals surface area contributed by atoms with Crippen LogP contribution in [0.1, 0.15) is 43.2 Å². The number of carbonyl (C=O) groups is 3. The van der Waals surface area contributed by atoms with Crippen LogP contribution in [0.25, 0.3) is 6.08 Å². The molecule has 0 spiro atoms. The van der Waals surface area contributed by atoms with Crippen LogP contribution < -0.4 is 10.6 Å². The van der Waals surface area contributed by atoms with Crippen LogP contribution >= 0.6 is 0 Å². The van der Waals surface area contributed by atoms with E-state index in [1.807, 2.05) is 30.3 Å². The summed E-state index contributed by atoms with van der Waals surface area (Å²) in [4.78, 5) is 35.4. The Bertz CT molecular complexity index is 886. The first-order valence-electron chi connectivity index (χ1n) is 10.1. The molecule has 158 valence electrons. The number of ether oxygens (including phenoxy) is 1. The van der Waals surface area contributed by atoms with Crippen molar-refractivity contribution in [1.29, 1.82) is 0 Å². The highest BCUT2D eigenvalue weighted by molar-refractivity contribution is 5.96. The first-order valence-corrected chi connectivity index (χ1v) is 10.1. The first kappa shape index (κ1) is 21.3. The van der Waals surface area contributed by atoms with Gasteiger partial charge in [0, 0.05) is 23.9 Å². The number of esters is 1. The van der Waals surface area contributed by atoms with Gasteiger partial charge in [-0.2, -0.15) is 5.10 Å². The van der Waals surface area contributed by atoms with E-state index in [1.165, 1.54) is 12.5 Å². The third-order valence-electron chi connectivity index (χ3n) is 4.79. The highest BCUT2D eigenvalue weighted by Crippen LogP contribution is 2.17. The molecule has 2 N–H and O–H groups in total. The summed E-state index contributed by atoms with van der Waals surface area (Å²) in [6.45, 7) is 0.108. The average molecular weight is 410 g/mol. The zero-order valence-electron chi connectivity index (χ0n) is 16.8. The smallest absolute Gasteiger partial charge is 0.331 e. The van der Waals surface area contributed by atoms with Crippen LogP contribution in [0, 0.1) is 0 Å². The van der Waals surface area contributed by atoms with Gasteiger partial charge in [-0.05, 0) is 24.5 Å². The van der Waals surface area contributed by atoms with Crippen molar-refractivity contribution in [3.05, 3.63) is 59.9 Å². The van der Waals surface area contributed by atoms with Crippen LogP contribution in [0.15, 0.2) is 48.8 Å². The monoisotopic (exact) mass is 410 g/mol.